The summed E-state index contributed by atoms with van der Waals surface area (Å²) in [5, 5.41) is 3.79. The van der Waals surface area contributed by atoms with Crippen molar-refractivity contribution in [3.05, 3.63) is 58.3 Å². The molecule has 2 aromatic heterocycles. The van der Waals surface area contributed by atoms with Crippen molar-refractivity contribution in [3.8, 4) is 5.88 Å². The first kappa shape index (κ1) is 20.2. The van der Waals surface area contributed by atoms with Crippen molar-refractivity contribution in [1.29, 1.82) is 0 Å². The molecule has 0 saturated carbocycles. The maximum atomic E-state index is 12.4. The minimum atomic E-state index is -4.43. The van der Waals surface area contributed by atoms with Crippen LogP contribution in [-0.4, -0.2) is 28.2 Å². The maximum Gasteiger partial charge on any atom is 0.422 e. The van der Waals surface area contributed by atoms with Crippen LogP contribution in [0.1, 0.15) is 11.3 Å². The molecule has 0 saturated heterocycles. The van der Waals surface area contributed by atoms with Crippen molar-refractivity contribution < 1.29 is 22.7 Å². The lowest BCUT2D eigenvalue weighted by Gasteiger charge is -2.11. The molecule has 2 heterocycles. The number of aromatic nitrogens is 2. The molecule has 1 aromatic carbocycles. The fourth-order valence-corrected chi connectivity index (χ4v) is 3.34. The number of alkyl halides is 3. The van der Waals surface area contributed by atoms with E-state index in [1.807, 2.05) is 35.8 Å². The van der Waals surface area contributed by atoms with Crippen LogP contribution < -0.4 is 10.1 Å². The van der Waals surface area contributed by atoms with Crippen molar-refractivity contribution >= 4 is 32.7 Å². The standard InChI is InChI=1S/C19H17BrF3N3O2/c1-12-18(20)14-4-2-3-5-15(14)26(12)10-16(27)25-9-13-6-7-24-17(8-13)28-11-19(21,22)23/h2-8H,9-11H2,1H3,(H,25,27). The second kappa shape index (κ2) is 8.22. The van der Waals surface area contributed by atoms with Crippen LogP contribution in [0.2, 0.25) is 0 Å². The topological polar surface area (TPSA) is 56.2 Å². The van der Waals surface area contributed by atoms with E-state index in [0.29, 0.717) is 5.56 Å². The number of nitrogens with one attached hydrogen (secondary N) is 1. The summed E-state index contributed by atoms with van der Waals surface area (Å²) >= 11 is 3.55. The van der Waals surface area contributed by atoms with E-state index in [1.54, 1.807) is 6.07 Å². The van der Waals surface area contributed by atoms with E-state index < -0.39 is 12.8 Å². The van der Waals surface area contributed by atoms with Gasteiger partial charge in [-0.1, -0.05) is 18.2 Å². The summed E-state index contributed by atoms with van der Waals surface area (Å²) in [6.07, 6.45) is -3.09. The van der Waals surface area contributed by atoms with Gasteiger partial charge in [-0.05, 0) is 40.5 Å². The second-order valence-corrected chi connectivity index (χ2v) is 6.98. The zero-order valence-corrected chi connectivity index (χ0v) is 16.5. The van der Waals surface area contributed by atoms with Gasteiger partial charge in [0.2, 0.25) is 11.8 Å². The van der Waals surface area contributed by atoms with Gasteiger partial charge in [0.05, 0.1) is 0 Å². The van der Waals surface area contributed by atoms with Crippen LogP contribution in [0.5, 0.6) is 5.88 Å². The first-order chi connectivity index (χ1) is 13.2. The fraction of sp³-hybridized carbons (Fsp3) is 0.263. The van der Waals surface area contributed by atoms with Gasteiger partial charge in [-0.15, -0.1) is 0 Å². The van der Waals surface area contributed by atoms with E-state index in [-0.39, 0.29) is 24.9 Å². The first-order valence-electron chi connectivity index (χ1n) is 8.39. The smallest absolute Gasteiger partial charge is 0.422 e. The monoisotopic (exact) mass is 455 g/mol. The highest BCUT2D eigenvalue weighted by atomic mass is 79.9. The largest absolute Gasteiger partial charge is 0.468 e. The quantitative estimate of drug-likeness (QED) is 0.600. The molecule has 1 N–H and O–H groups in total. The average Bonchev–Trinajstić information content (AvgIpc) is 2.90. The van der Waals surface area contributed by atoms with E-state index in [1.165, 1.54) is 12.3 Å². The molecular formula is C19H17BrF3N3O2. The Kier molecular flexibility index (Phi) is 5.93. The van der Waals surface area contributed by atoms with Crippen LogP contribution >= 0.6 is 15.9 Å². The van der Waals surface area contributed by atoms with Crippen LogP contribution in [0.3, 0.4) is 0 Å². The predicted octanol–water partition coefficient (Wildman–Crippen LogP) is 4.36. The molecule has 0 fully saturated rings. The van der Waals surface area contributed by atoms with E-state index in [9.17, 15) is 18.0 Å². The molecule has 3 aromatic rings. The van der Waals surface area contributed by atoms with E-state index in [4.69, 9.17) is 0 Å². The summed E-state index contributed by atoms with van der Waals surface area (Å²) in [6.45, 7) is 0.790. The van der Waals surface area contributed by atoms with Gasteiger partial charge in [-0.2, -0.15) is 13.2 Å². The number of halogens is 4. The zero-order valence-electron chi connectivity index (χ0n) is 14.9. The lowest BCUT2D eigenvalue weighted by atomic mass is 10.2. The summed E-state index contributed by atoms with van der Waals surface area (Å²) in [4.78, 5) is 16.1. The predicted molar refractivity (Wildman–Crippen MR) is 102 cm³/mol. The molecular weight excluding hydrogens is 439 g/mol. The third kappa shape index (κ3) is 4.83. The number of carbonyl (C=O) groups is 1. The van der Waals surface area contributed by atoms with Crippen molar-refractivity contribution in [2.24, 2.45) is 0 Å². The van der Waals surface area contributed by atoms with Gasteiger partial charge < -0.3 is 14.6 Å². The lowest BCUT2D eigenvalue weighted by Crippen LogP contribution is -2.27. The SMILES string of the molecule is Cc1c(Br)c2ccccc2n1CC(=O)NCc1ccnc(OCC(F)(F)F)c1. The van der Waals surface area contributed by atoms with E-state index in [2.05, 4.69) is 31.0 Å². The molecule has 148 valence electrons. The molecule has 0 aliphatic rings. The molecule has 0 aliphatic carbocycles. The molecule has 0 bridgehead atoms. The Morgan fingerprint density at radius 2 is 2.04 bits per heavy atom. The molecule has 0 radical (unpaired) electrons. The van der Waals surface area contributed by atoms with Crippen LogP contribution in [0.25, 0.3) is 10.9 Å². The number of hydrogen-bond donors (Lipinski definition) is 1. The van der Waals surface area contributed by atoms with Gasteiger partial charge in [0.1, 0.15) is 6.54 Å². The number of fused-ring (bicyclic) bond motifs is 1. The maximum absolute atomic E-state index is 12.4. The third-order valence-electron chi connectivity index (χ3n) is 4.13. The Morgan fingerprint density at radius 3 is 2.79 bits per heavy atom. The van der Waals surface area contributed by atoms with Crippen LogP contribution in [-0.2, 0) is 17.9 Å². The number of benzene rings is 1. The van der Waals surface area contributed by atoms with E-state index >= 15 is 0 Å². The molecule has 1 amide bonds. The third-order valence-corrected chi connectivity index (χ3v) is 5.13. The molecule has 28 heavy (non-hydrogen) atoms. The van der Waals surface area contributed by atoms with Crippen LogP contribution in [0.4, 0.5) is 13.2 Å². The second-order valence-electron chi connectivity index (χ2n) is 6.19. The van der Waals surface area contributed by atoms with Gasteiger partial charge in [-0.25, -0.2) is 4.98 Å². The molecule has 0 atom stereocenters. The minimum Gasteiger partial charge on any atom is -0.468 e. The number of para-hydroxylation sites is 1. The van der Waals surface area contributed by atoms with Crippen molar-refractivity contribution in [3.63, 3.8) is 0 Å². The Morgan fingerprint density at radius 1 is 1.29 bits per heavy atom. The van der Waals surface area contributed by atoms with Crippen molar-refractivity contribution in [1.82, 2.24) is 14.9 Å². The van der Waals surface area contributed by atoms with Gasteiger partial charge in [0.15, 0.2) is 6.61 Å². The molecule has 5 nitrogen and oxygen atoms in total. The number of pyridine rings is 1. The number of ether oxygens (including phenoxy) is 1. The number of hydrogen-bond acceptors (Lipinski definition) is 3. The normalized spacial score (nSPS) is 11.6. The Balaban J connectivity index is 1.63. The highest BCUT2D eigenvalue weighted by Gasteiger charge is 2.28. The van der Waals surface area contributed by atoms with Crippen LogP contribution in [0.15, 0.2) is 47.1 Å². The molecule has 3 rings (SSSR count). The molecule has 0 aliphatic heterocycles. The number of carbonyl (C=O) groups excluding carboxylic acids is 1. The summed E-state index contributed by atoms with van der Waals surface area (Å²) in [5.41, 5.74) is 2.47. The molecule has 0 spiro atoms. The highest BCUT2D eigenvalue weighted by molar-refractivity contribution is 9.10. The molecule has 0 unspecified atom stereocenters. The van der Waals surface area contributed by atoms with Crippen molar-refractivity contribution in [2.75, 3.05) is 6.61 Å². The van der Waals surface area contributed by atoms with Gasteiger partial charge >= 0.3 is 6.18 Å². The van der Waals surface area contributed by atoms with Gasteiger partial charge in [0, 0.05) is 39.9 Å². The lowest BCUT2D eigenvalue weighted by molar-refractivity contribution is -0.154. The summed E-state index contributed by atoms with van der Waals surface area (Å²) in [5.74, 6) is -0.355. The zero-order chi connectivity index (χ0) is 20.3. The summed E-state index contributed by atoms with van der Waals surface area (Å²) in [6, 6.07) is 10.7. The first-order valence-corrected chi connectivity index (χ1v) is 9.18. The van der Waals surface area contributed by atoms with E-state index in [0.717, 1.165) is 21.1 Å². The fourth-order valence-electron chi connectivity index (χ4n) is 2.79. The Bertz CT molecular complexity index is 1000. The number of nitrogens with zero attached hydrogens (tertiary/aromatic N) is 2. The van der Waals surface area contributed by atoms with Gasteiger partial charge in [0.25, 0.3) is 0 Å². The van der Waals surface area contributed by atoms with Gasteiger partial charge in [-0.3, -0.25) is 4.79 Å². The minimum absolute atomic E-state index is 0.125. The summed E-state index contributed by atoms with van der Waals surface area (Å²) < 4.78 is 44.2. The molecule has 9 heteroatoms. The summed E-state index contributed by atoms with van der Waals surface area (Å²) in [7, 11) is 0. The number of rotatable bonds is 6. The number of amides is 1. The van der Waals surface area contributed by atoms with Crippen molar-refractivity contribution in [2.45, 2.75) is 26.2 Å². The van der Waals surface area contributed by atoms with Crippen LogP contribution in [0, 0.1) is 6.92 Å². The highest BCUT2D eigenvalue weighted by Crippen LogP contribution is 2.30. The average molecular weight is 456 g/mol. The Hall–Kier alpha value is -2.55. The Labute approximate surface area is 167 Å².